The molecule has 4 N–H and O–H groups in total. The molecule has 0 saturated carbocycles. The second-order valence-corrected chi connectivity index (χ2v) is 13.2. The van der Waals surface area contributed by atoms with E-state index >= 15 is 0 Å². The molecule has 43 heavy (non-hydrogen) atoms. The molecular formula is C37H74N2O4. The summed E-state index contributed by atoms with van der Waals surface area (Å²) in [4.78, 5) is 22.4. The van der Waals surface area contributed by atoms with Crippen molar-refractivity contribution in [2.24, 2.45) is 5.73 Å². The fourth-order valence-corrected chi connectivity index (χ4v) is 5.84. The van der Waals surface area contributed by atoms with Gasteiger partial charge < -0.3 is 20.9 Å². The Morgan fingerprint density at radius 1 is 0.605 bits per heavy atom. The average molecular weight is 611 g/mol. The molecule has 0 saturated heterocycles. The lowest BCUT2D eigenvalue weighted by molar-refractivity contribution is -0.144. The molecule has 6 heteroatoms. The molecule has 2 unspecified atom stereocenters. The number of esters is 1. The van der Waals surface area contributed by atoms with Gasteiger partial charge in [0.05, 0.1) is 6.61 Å². The lowest BCUT2D eigenvalue weighted by Gasteiger charge is -2.22. The summed E-state index contributed by atoms with van der Waals surface area (Å²) in [5.74, 6) is -0.674. The van der Waals surface area contributed by atoms with Crippen LogP contribution in [0.25, 0.3) is 0 Å². The molecule has 0 aliphatic carbocycles. The molecule has 0 amide bonds. The fraction of sp³-hybridized carbons (Fsp3) is 0.946. The Morgan fingerprint density at radius 2 is 1.02 bits per heavy atom. The Bertz CT molecular complexity index is 599. The summed E-state index contributed by atoms with van der Waals surface area (Å²) >= 11 is 0. The number of aliphatic carboxylic acids is 1. The number of nitrogens with two attached hydrogens (primary N) is 1. The molecule has 2 atom stereocenters. The zero-order chi connectivity index (χ0) is 31.6. The van der Waals surface area contributed by atoms with Gasteiger partial charge in [0, 0.05) is 24.9 Å². The van der Waals surface area contributed by atoms with Crippen LogP contribution in [0.1, 0.15) is 200 Å². The van der Waals surface area contributed by atoms with E-state index in [9.17, 15) is 9.59 Å². The van der Waals surface area contributed by atoms with E-state index in [1.54, 1.807) is 0 Å². The third-order valence-electron chi connectivity index (χ3n) is 8.77. The van der Waals surface area contributed by atoms with Gasteiger partial charge in [-0.15, -0.1) is 0 Å². The molecule has 6 nitrogen and oxygen atoms in total. The molecular weight excluding hydrogens is 536 g/mol. The number of carboxylic acids is 1. The Hall–Kier alpha value is -1.14. The van der Waals surface area contributed by atoms with Gasteiger partial charge in [0.15, 0.2) is 0 Å². The van der Waals surface area contributed by atoms with Gasteiger partial charge in [0.25, 0.3) is 0 Å². The monoisotopic (exact) mass is 611 g/mol. The predicted molar refractivity (Wildman–Crippen MR) is 184 cm³/mol. The van der Waals surface area contributed by atoms with Crippen molar-refractivity contribution in [1.82, 2.24) is 5.32 Å². The van der Waals surface area contributed by atoms with Crippen LogP contribution in [0.15, 0.2) is 0 Å². The van der Waals surface area contributed by atoms with E-state index in [2.05, 4.69) is 19.2 Å². The molecule has 0 aromatic carbocycles. The van der Waals surface area contributed by atoms with Gasteiger partial charge in [-0.3, -0.25) is 9.59 Å². The van der Waals surface area contributed by atoms with Crippen LogP contribution < -0.4 is 11.1 Å². The van der Waals surface area contributed by atoms with Gasteiger partial charge in [-0.1, -0.05) is 148 Å². The quantitative estimate of drug-likeness (QED) is 0.0487. The van der Waals surface area contributed by atoms with Crippen molar-refractivity contribution in [1.29, 1.82) is 0 Å². The standard InChI is InChI=1S/C37H74N2O4/c1-3-4-5-6-7-18-23-28-33-43-37(42)31-26-21-16-12-9-13-17-22-27-32-39-35(34(2)38)29-24-19-14-10-8-11-15-20-25-30-36(40)41/h34-35,39H,3-33,38H2,1-2H3,(H,40,41). The molecule has 0 heterocycles. The molecule has 0 rings (SSSR count). The lowest BCUT2D eigenvalue weighted by Crippen LogP contribution is -2.43. The van der Waals surface area contributed by atoms with Gasteiger partial charge in [0.2, 0.25) is 0 Å². The number of nitrogens with one attached hydrogen (secondary N) is 1. The van der Waals surface area contributed by atoms with Gasteiger partial charge in [-0.2, -0.15) is 0 Å². The normalized spacial score (nSPS) is 12.8. The zero-order valence-corrected chi connectivity index (χ0v) is 28.8. The number of rotatable bonds is 35. The molecule has 0 aliphatic rings. The number of carbonyl (C=O) groups is 2. The maximum Gasteiger partial charge on any atom is 0.305 e. The maximum atomic E-state index is 11.9. The molecule has 0 aromatic heterocycles. The predicted octanol–water partition coefficient (Wildman–Crippen LogP) is 10.3. The van der Waals surface area contributed by atoms with Gasteiger partial charge in [0.1, 0.15) is 0 Å². The summed E-state index contributed by atoms with van der Waals surface area (Å²) < 4.78 is 5.40. The first kappa shape index (κ1) is 41.9. The van der Waals surface area contributed by atoms with E-state index < -0.39 is 5.97 Å². The van der Waals surface area contributed by atoms with Crippen LogP contribution in [0.5, 0.6) is 0 Å². The van der Waals surface area contributed by atoms with Crippen LogP contribution in [0.4, 0.5) is 0 Å². The summed E-state index contributed by atoms with van der Waals surface area (Å²) in [6.07, 6.45) is 34.0. The van der Waals surface area contributed by atoms with Crippen LogP contribution in [0.2, 0.25) is 0 Å². The number of carbonyl (C=O) groups excluding carboxylic acids is 1. The molecule has 0 aliphatic heterocycles. The highest BCUT2D eigenvalue weighted by Gasteiger charge is 2.12. The minimum atomic E-state index is -0.672. The van der Waals surface area contributed by atoms with Gasteiger partial charge >= 0.3 is 11.9 Å². The van der Waals surface area contributed by atoms with Gasteiger partial charge in [-0.05, 0) is 45.6 Å². The van der Waals surface area contributed by atoms with Crippen LogP contribution >= 0.6 is 0 Å². The van der Waals surface area contributed by atoms with Crippen LogP contribution in [0, 0.1) is 0 Å². The highest BCUT2D eigenvalue weighted by Crippen LogP contribution is 2.14. The van der Waals surface area contributed by atoms with E-state index in [1.165, 1.54) is 141 Å². The Balaban J connectivity index is 3.43. The first-order valence-corrected chi connectivity index (χ1v) is 18.8. The second kappa shape index (κ2) is 33.7. The number of hydrogen-bond acceptors (Lipinski definition) is 5. The van der Waals surface area contributed by atoms with Crippen molar-refractivity contribution in [2.75, 3.05) is 13.2 Å². The Kier molecular flexibility index (Phi) is 32.9. The average Bonchev–Trinajstić information content (AvgIpc) is 2.98. The van der Waals surface area contributed by atoms with Crippen molar-refractivity contribution in [3.63, 3.8) is 0 Å². The molecule has 0 aromatic rings. The van der Waals surface area contributed by atoms with Crippen molar-refractivity contribution >= 4 is 11.9 Å². The van der Waals surface area contributed by atoms with E-state index in [-0.39, 0.29) is 12.0 Å². The van der Waals surface area contributed by atoms with E-state index in [0.717, 1.165) is 38.6 Å². The molecule has 0 spiro atoms. The molecule has 0 fully saturated rings. The number of carboxylic acid groups (broad SMARTS) is 1. The fourth-order valence-electron chi connectivity index (χ4n) is 5.84. The van der Waals surface area contributed by atoms with Crippen molar-refractivity contribution in [3.05, 3.63) is 0 Å². The van der Waals surface area contributed by atoms with Crippen molar-refractivity contribution in [3.8, 4) is 0 Å². The third kappa shape index (κ3) is 33.6. The van der Waals surface area contributed by atoms with Crippen LogP contribution in [-0.4, -0.2) is 42.3 Å². The highest BCUT2D eigenvalue weighted by atomic mass is 16.5. The number of ether oxygens (including phenoxy) is 1. The van der Waals surface area contributed by atoms with Crippen molar-refractivity contribution in [2.45, 2.75) is 212 Å². The summed E-state index contributed by atoms with van der Waals surface area (Å²) in [5, 5.41) is 12.4. The van der Waals surface area contributed by atoms with Crippen LogP contribution in [-0.2, 0) is 14.3 Å². The summed E-state index contributed by atoms with van der Waals surface area (Å²) in [6, 6.07) is 0.624. The third-order valence-corrected chi connectivity index (χ3v) is 8.77. The smallest absolute Gasteiger partial charge is 0.305 e. The van der Waals surface area contributed by atoms with E-state index in [4.69, 9.17) is 15.6 Å². The topological polar surface area (TPSA) is 102 Å². The maximum absolute atomic E-state index is 11.9. The molecule has 0 bridgehead atoms. The minimum Gasteiger partial charge on any atom is -0.481 e. The highest BCUT2D eigenvalue weighted by molar-refractivity contribution is 5.69. The van der Waals surface area contributed by atoms with E-state index in [0.29, 0.717) is 25.5 Å². The number of unbranched alkanes of at least 4 members (excludes halogenated alkanes) is 23. The SMILES string of the molecule is CCCCCCCCCCOC(=O)CCCCCCCCCCCNC(CCCCCCCCCCCC(=O)O)C(C)N. The molecule has 0 radical (unpaired) electrons. The van der Waals surface area contributed by atoms with Crippen LogP contribution in [0.3, 0.4) is 0 Å². The summed E-state index contributed by atoms with van der Waals surface area (Å²) in [6.45, 7) is 6.06. The zero-order valence-electron chi connectivity index (χ0n) is 28.8. The minimum absolute atomic E-state index is 0.00228. The number of hydrogen-bond donors (Lipinski definition) is 3. The first-order valence-electron chi connectivity index (χ1n) is 18.8. The summed E-state index contributed by atoms with van der Waals surface area (Å²) in [5.41, 5.74) is 6.25. The lowest BCUT2D eigenvalue weighted by atomic mass is 10.0. The summed E-state index contributed by atoms with van der Waals surface area (Å²) in [7, 11) is 0. The molecule has 256 valence electrons. The Morgan fingerprint density at radius 3 is 1.51 bits per heavy atom. The first-order chi connectivity index (χ1) is 21.0. The van der Waals surface area contributed by atoms with E-state index in [1.807, 2.05) is 0 Å². The second-order valence-electron chi connectivity index (χ2n) is 13.2. The Labute approximate surface area is 267 Å². The van der Waals surface area contributed by atoms with Crippen molar-refractivity contribution < 1.29 is 19.4 Å². The van der Waals surface area contributed by atoms with Gasteiger partial charge in [-0.25, -0.2) is 0 Å². The largest absolute Gasteiger partial charge is 0.481 e.